The lowest BCUT2D eigenvalue weighted by Crippen LogP contribution is -2.13. The van der Waals surface area contributed by atoms with Gasteiger partial charge < -0.3 is 9.72 Å². The highest BCUT2D eigenvalue weighted by Gasteiger charge is 2.19. The van der Waals surface area contributed by atoms with Crippen molar-refractivity contribution in [2.75, 3.05) is 7.11 Å². The van der Waals surface area contributed by atoms with Crippen molar-refractivity contribution < 1.29 is 13.2 Å². The van der Waals surface area contributed by atoms with Gasteiger partial charge in [0.25, 0.3) is 0 Å². The van der Waals surface area contributed by atoms with E-state index in [9.17, 15) is 8.42 Å². The highest BCUT2D eigenvalue weighted by molar-refractivity contribution is 7.92. The zero-order valence-electron chi connectivity index (χ0n) is 16.4. The van der Waals surface area contributed by atoms with E-state index in [0.29, 0.717) is 16.2 Å². The fourth-order valence-corrected chi connectivity index (χ4v) is 4.17. The molecule has 2 aromatic heterocycles. The van der Waals surface area contributed by atoms with Crippen LogP contribution in [0.5, 0.6) is 5.75 Å². The van der Waals surface area contributed by atoms with Crippen LogP contribution in [-0.4, -0.2) is 35.7 Å². The molecule has 0 unspecified atom stereocenters. The third kappa shape index (κ3) is 3.49. The van der Waals surface area contributed by atoms with E-state index in [4.69, 9.17) is 9.72 Å². The lowest BCUT2D eigenvalue weighted by atomic mass is 10.1. The summed E-state index contributed by atoms with van der Waals surface area (Å²) in [5.41, 5.74) is 4.88. The topological polar surface area (TPSA) is 84.9 Å². The summed E-state index contributed by atoms with van der Waals surface area (Å²) in [6.07, 6.45) is 3.57. The second-order valence-electron chi connectivity index (χ2n) is 7.00. The molecular formula is C22H21N3O3S. The van der Waals surface area contributed by atoms with Crippen molar-refractivity contribution in [1.29, 1.82) is 0 Å². The predicted molar refractivity (Wildman–Crippen MR) is 114 cm³/mol. The Morgan fingerprint density at radius 2 is 1.62 bits per heavy atom. The van der Waals surface area contributed by atoms with Crippen LogP contribution in [0.25, 0.3) is 33.5 Å². The molecule has 7 heteroatoms. The van der Waals surface area contributed by atoms with Gasteiger partial charge in [-0.2, -0.15) is 0 Å². The second kappa shape index (κ2) is 7.33. The molecule has 29 heavy (non-hydrogen) atoms. The van der Waals surface area contributed by atoms with Crippen molar-refractivity contribution in [3.8, 4) is 28.1 Å². The van der Waals surface area contributed by atoms with Crippen LogP contribution in [0.1, 0.15) is 13.8 Å². The Morgan fingerprint density at radius 1 is 0.966 bits per heavy atom. The van der Waals surface area contributed by atoms with Crippen molar-refractivity contribution in [1.82, 2.24) is 15.0 Å². The number of benzene rings is 2. The first-order chi connectivity index (χ1) is 13.9. The van der Waals surface area contributed by atoms with Crippen molar-refractivity contribution in [2.45, 2.75) is 24.0 Å². The first-order valence-corrected chi connectivity index (χ1v) is 10.8. The summed E-state index contributed by atoms with van der Waals surface area (Å²) in [7, 11) is -1.67. The number of aromatic nitrogens is 3. The maximum absolute atomic E-state index is 12.3. The minimum atomic E-state index is -3.30. The number of hydrogen-bond donors (Lipinski definition) is 1. The van der Waals surface area contributed by atoms with Crippen LogP contribution in [0.4, 0.5) is 0 Å². The molecule has 0 aliphatic carbocycles. The van der Waals surface area contributed by atoms with Crippen LogP contribution in [-0.2, 0) is 9.84 Å². The van der Waals surface area contributed by atoms with E-state index in [1.807, 2.05) is 30.5 Å². The van der Waals surface area contributed by atoms with Gasteiger partial charge in [-0.25, -0.2) is 18.4 Å². The Hall–Kier alpha value is -3.19. The monoisotopic (exact) mass is 407 g/mol. The molecular weight excluding hydrogens is 386 g/mol. The molecule has 0 aliphatic rings. The third-order valence-electron chi connectivity index (χ3n) is 4.88. The normalized spacial score (nSPS) is 11.9. The van der Waals surface area contributed by atoms with Crippen LogP contribution in [0.3, 0.4) is 0 Å². The van der Waals surface area contributed by atoms with Crippen LogP contribution in [0.2, 0.25) is 0 Å². The van der Waals surface area contributed by atoms with Crippen LogP contribution < -0.4 is 4.74 Å². The number of methoxy groups -OCH3 is 1. The van der Waals surface area contributed by atoms with Gasteiger partial charge in [0.2, 0.25) is 0 Å². The Labute approximate surface area is 169 Å². The van der Waals surface area contributed by atoms with Gasteiger partial charge in [0.1, 0.15) is 11.3 Å². The fraction of sp³-hybridized carbons (Fsp3) is 0.182. The van der Waals surface area contributed by atoms with Gasteiger partial charge in [-0.15, -0.1) is 0 Å². The first kappa shape index (κ1) is 19.1. The molecule has 0 amide bonds. The minimum absolute atomic E-state index is 0.311. The molecule has 0 saturated heterocycles. The Morgan fingerprint density at radius 3 is 2.24 bits per heavy atom. The van der Waals surface area contributed by atoms with Gasteiger partial charge >= 0.3 is 0 Å². The van der Waals surface area contributed by atoms with Crippen LogP contribution >= 0.6 is 0 Å². The van der Waals surface area contributed by atoms with Gasteiger partial charge in [-0.1, -0.05) is 24.3 Å². The zero-order valence-corrected chi connectivity index (χ0v) is 17.2. The summed E-state index contributed by atoms with van der Waals surface area (Å²) < 4.78 is 29.9. The van der Waals surface area contributed by atoms with Gasteiger partial charge in [0.15, 0.2) is 15.5 Å². The molecule has 2 heterocycles. The predicted octanol–water partition coefficient (Wildman–Crippen LogP) is 4.48. The number of aromatic amines is 1. The summed E-state index contributed by atoms with van der Waals surface area (Å²) in [6, 6.07) is 14.5. The second-order valence-corrected chi connectivity index (χ2v) is 9.51. The van der Waals surface area contributed by atoms with Crippen molar-refractivity contribution in [3.63, 3.8) is 0 Å². The Balaban J connectivity index is 1.74. The van der Waals surface area contributed by atoms with Crippen molar-refractivity contribution in [3.05, 3.63) is 60.9 Å². The minimum Gasteiger partial charge on any atom is -0.497 e. The average Bonchev–Trinajstić information content (AvgIpc) is 3.17. The molecule has 0 aliphatic heterocycles. The molecule has 2 aromatic carbocycles. The number of nitrogens with zero attached hydrogens (tertiary/aromatic N) is 2. The molecule has 0 atom stereocenters. The number of nitrogens with one attached hydrogen (secondary N) is 1. The van der Waals surface area contributed by atoms with E-state index < -0.39 is 15.1 Å². The van der Waals surface area contributed by atoms with E-state index in [1.54, 1.807) is 51.4 Å². The molecule has 0 bridgehead atoms. The third-order valence-corrected chi connectivity index (χ3v) is 7.05. The molecule has 148 valence electrons. The molecule has 4 aromatic rings. The number of fused-ring (bicyclic) bond motifs is 1. The van der Waals surface area contributed by atoms with Gasteiger partial charge in [-0.3, -0.25) is 0 Å². The number of ether oxygens (including phenoxy) is 1. The molecule has 6 nitrogen and oxygen atoms in total. The largest absolute Gasteiger partial charge is 0.497 e. The summed E-state index contributed by atoms with van der Waals surface area (Å²) in [4.78, 5) is 12.7. The highest BCUT2D eigenvalue weighted by Crippen LogP contribution is 2.30. The number of hydrogen-bond acceptors (Lipinski definition) is 5. The van der Waals surface area contributed by atoms with Crippen LogP contribution in [0.15, 0.2) is 65.8 Å². The van der Waals surface area contributed by atoms with Crippen molar-refractivity contribution >= 4 is 21.0 Å². The number of H-pyrrole nitrogens is 1. The van der Waals surface area contributed by atoms with E-state index in [-0.39, 0.29) is 0 Å². The Kier molecular flexibility index (Phi) is 4.84. The smallest absolute Gasteiger partial charge is 0.180 e. The fourth-order valence-electron chi connectivity index (χ4n) is 3.11. The SMILES string of the molecule is COc1ccc(-c2c[nH]c3ncc(-c4ccc(S(=O)(=O)C(C)C)cc4)nc23)cc1. The average molecular weight is 407 g/mol. The summed E-state index contributed by atoms with van der Waals surface area (Å²) >= 11 is 0. The zero-order chi connectivity index (χ0) is 20.6. The Bertz CT molecular complexity index is 1260. The standard InChI is InChI=1S/C22H21N3O3S/c1-14(2)29(26,27)18-10-6-16(7-11-18)20-13-24-22-21(25-20)19(12-23-22)15-4-8-17(28-3)9-5-15/h4-14H,1-3H3,(H,23,24). The van der Waals surface area contributed by atoms with E-state index in [0.717, 1.165) is 28.0 Å². The summed E-state index contributed by atoms with van der Waals surface area (Å²) in [5.74, 6) is 0.789. The van der Waals surface area contributed by atoms with E-state index in [1.165, 1.54) is 0 Å². The van der Waals surface area contributed by atoms with Gasteiger partial charge in [-0.05, 0) is 43.7 Å². The summed E-state index contributed by atoms with van der Waals surface area (Å²) in [6.45, 7) is 3.35. The molecule has 0 fully saturated rings. The summed E-state index contributed by atoms with van der Waals surface area (Å²) in [5, 5.41) is -0.462. The molecule has 0 spiro atoms. The maximum Gasteiger partial charge on any atom is 0.180 e. The molecule has 4 rings (SSSR count). The molecule has 0 radical (unpaired) electrons. The number of sulfone groups is 1. The molecule has 0 saturated carbocycles. The highest BCUT2D eigenvalue weighted by atomic mass is 32.2. The van der Waals surface area contributed by atoms with E-state index in [2.05, 4.69) is 9.97 Å². The van der Waals surface area contributed by atoms with Crippen LogP contribution in [0, 0.1) is 0 Å². The molecule has 1 N–H and O–H groups in total. The quantitative estimate of drug-likeness (QED) is 0.527. The first-order valence-electron chi connectivity index (χ1n) is 9.23. The lowest BCUT2D eigenvalue weighted by molar-refractivity contribution is 0.415. The maximum atomic E-state index is 12.3. The van der Waals surface area contributed by atoms with Gasteiger partial charge in [0.05, 0.1) is 29.1 Å². The number of rotatable bonds is 5. The van der Waals surface area contributed by atoms with Crippen molar-refractivity contribution in [2.24, 2.45) is 0 Å². The van der Waals surface area contributed by atoms with Gasteiger partial charge in [0, 0.05) is 17.3 Å². The van der Waals surface area contributed by atoms with E-state index >= 15 is 0 Å². The lowest BCUT2D eigenvalue weighted by Gasteiger charge is -2.08.